The molecule has 0 spiro atoms. The molecule has 0 fully saturated rings. The summed E-state index contributed by atoms with van der Waals surface area (Å²) in [7, 11) is 2.23. The number of pyridine rings is 1. The van der Waals surface area contributed by atoms with Crippen LogP contribution in [-0.4, -0.2) is 43.1 Å². The Bertz CT molecular complexity index is 313. The van der Waals surface area contributed by atoms with E-state index >= 15 is 0 Å². The summed E-state index contributed by atoms with van der Waals surface area (Å²) in [5.41, 5.74) is 1.38. The number of aromatic nitrogens is 1. The predicted octanol–water partition coefficient (Wildman–Crippen LogP) is 3.12. The molecule has 3 heteroatoms. The van der Waals surface area contributed by atoms with Crippen molar-refractivity contribution in [2.75, 3.05) is 33.2 Å². The van der Waals surface area contributed by atoms with Crippen molar-refractivity contribution in [3.8, 4) is 0 Å². The molecule has 0 unspecified atom stereocenters. The Labute approximate surface area is 124 Å². The van der Waals surface area contributed by atoms with E-state index in [0.29, 0.717) is 0 Å². The summed E-state index contributed by atoms with van der Waals surface area (Å²) in [5.74, 6) is 0. The van der Waals surface area contributed by atoms with Crippen LogP contribution in [0.4, 0.5) is 0 Å². The van der Waals surface area contributed by atoms with Gasteiger partial charge in [-0.05, 0) is 70.1 Å². The first-order valence-electron chi connectivity index (χ1n) is 8.11. The first-order valence-corrected chi connectivity index (χ1v) is 8.11. The van der Waals surface area contributed by atoms with Gasteiger partial charge in [0, 0.05) is 18.9 Å². The van der Waals surface area contributed by atoms with Crippen LogP contribution in [0.1, 0.15) is 44.6 Å². The average Bonchev–Trinajstić information content (AvgIpc) is 2.49. The van der Waals surface area contributed by atoms with E-state index in [1.807, 2.05) is 12.4 Å². The van der Waals surface area contributed by atoms with E-state index in [-0.39, 0.29) is 0 Å². The third-order valence-corrected chi connectivity index (χ3v) is 3.60. The molecule has 0 aliphatic carbocycles. The number of rotatable bonds is 12. The molecule has 0 atom stereocenters. The quantitative estimate of drug-likeness (QED) is 0.595. The second kappa shape index (κ2) is 11.9. The Morgan fingerprint density at radius 2 is 1.75 bits per heavy atom. The van der Waals surface area contributed by atoms with Gasteiger partial charge in [0.25, 0.3) is 0 Å². The van der Waals surface area contributed by atoms with Crippen molar-refractivity contribution in [2.24, 2.45) is 0 Å². The molecule has 1 rings (SSSR count). The molecule has 20 heavy (non-hydrogen) atoms. The highest BCUT2D eigenvalue weighted by Crippen LogP contribution is 2.03. The maximum absolute atomic E-state index is 4.05. The standard InChI is InChI=1S/C17H31N3/c1-3-11-18-12-6-4-5-7-15-20(2)16-10-17-8-13-19-14-9-17/h8-9,13-14,18H,3-7,10-12,15-16H2,1-2H3. The Kier molecular flexibility index (Phi) is 10.2. The first-order chi connectivity index (χ1) is 9.83. The van der Waals surface area contributed by atoms with Crippen molar-refractivity contribution >= 4 is 0 Å². The minimum absolute atomic E-state index is 1.12. The molecule has 114 valence electrons. The summed E-state index contributed by atoms with van der Waals surface area (Å²) in [4.78, 5) is 6.49. The fraction of sp³-hybridized carbons (Fsp3) is 0.706. The molecule has 0 aliphatic rings. The summed E-state index contributed by atoms with van der Waals surface area (Å²) in [5, 5.41) is 3.46. The molecule has 1 N–H and O–H groups in total. The minimum atomic E-state index is 1.12. The van der Waals surface area contributed by atoms with Crippen LogP contribution >= 0.6 is 0 Å². The third-order valence-electron chi connectivity index (χ3n) is 3.60. The molecule has 0 aliphatic heterocycles. The lowest BCUT2D eigenvalue weighted by atomic mass is 10.1. The molecular formula is C17H31N3. The molecule has 0 bridgehead atoms. The van der Waals surface area contributed by atoms with Gasteiger partial charge in [0.15, 0.2) is 0 Å². The zero-order valence-corrected chi connectivity index (χ0v) is 13.3. The number of nitrogens with one attached hydrogen (secondary N) is 1. The fourth-order valence-corrected chi connectivity index (χ4v) is 2.27. The molecule has 1 aromatic rings. The Morgan fingerprint density at radius 1 is 1.00 bits per heavy atom. The molecule has 3 nitrogen and oxygen atoms in total. The van der Waals surface area contributed by atoms with E-state index in [2.05, 4.69) is 41.3 Å². The van der Waals surface area contributed by atoms with Crippen LogP contribution in [0, 0.1) is 0 Å². The summed E-state index contributed by atoms with van der Waals surface area (Å²) in [6.07, 6.45) is 11.5. The van der Waals surface area contributed by atoms with Gasteiger partial charge in [-0.25, -0.2) is 0 Å². The summed E-state index contributed by atoms with van der Waals surface area (Å²) < 4.78 is 0. The second-order valence-electron chi connectivity index (χ2n) is 5.57. The van der Waals surface area contributed by atoms with Crippen LogP contribution < -0.4 is 5.32 Å². The van der Waals surface area contributed by atoms with Crippen LogP contribution in [0.3, 0.4) is 0 Å². The van der Waals surface area contributed by atoms with Gasteiger partial charge in [-0.1, -0.05) is 19.8 Å². The van der Waals surface area contributed by atoms with Gasteiger partial charge >= 0.3 is 0 Å². The second-order valence-corrected chi connectivity index (χ2v) is 5.57. The normalized spacial score (nSPS) is 11.2. The predicted molar refractivity (Wildman–Crippen MR) is 87.1 cm³/mol. The zero-order valence-electron chi connectivity index (χ0n) is 13.3. The molecule has 0 amide bonds. The van der Waals surface area contributed by atoms with Crippen molar-refractivity contribution in [3.05, 3.63) is 30.1 Å². The maximum atomic E-state index is 4.05. The van der Waals surface area contributed by atoms with Gasteiger partial charge in [-0.2, -0.15) is 0 Å². The number of likely N-dealkylation sites (N-methyl/N-ethyl adjacent to an activating group) is 1. The van der Waals surface area contributed by atoms with Crippen LogP contribution in [0.25, 0.3) is 0 Å². The minimum Gasteiger partial charge on any atom is -0.317 e. The molecule has 1 aromatic heterocycles. The Balaban J connectivity index is 1.91. The van der Waals surface area contributed by atoms with Crippen LogP contribution in [0.2, 0.25) is 0 Å². The highest BCUT2D eigenvalue weighted by atomic mass is 15.1. The summed E-state index contributed by atoms with van der Waals surface area (Å²) >= 11 is 0. The van der Waals surface area contributed by atoms with Crippen molar-refractivity contribution in [2.45, 2.75) is 45.4 Å². The van der Waals surface area contributed by atoms with E-state index in [4.69, 9.17) is 0 Å². The zero-order chi connectivity index (χ0) is 14.5. The lowest BCUT2D eigenvalue weighted by molar-refractivity contribution is 0.327. The van der Waals surface area contributed by atoms with Gasteiger partial charge in [0.2, 0.25) is 0 Å². The van der Waals surface area contributed by atoms with Crippen molar-refractivity contribution in [1.29, 1.82) is 0 Å². The lowest BCUT2D eigenvalue weighted by Crippen LogP contribution is -2.22. The van der Waals surface area contributed by atoms with Crippen LogP contribution in [0.5, 0.6) is 0 Å². The summed E-state index contributed by atoms with van der Waals surface area (Å²) in [6, 6.07) is 4.22. The summed E-state index contributed by atoms with van der Waals surface area (Å²) in [6.45, 7) is 6.92. The van der Waals surface area contributed by atoms with E-state index in [1.165, 1.54) is 50.8 Å². The molecule has 0 saturated carbocycles. The lowest BCUT2D eigenvalue weighted by Gasteiger charge is -2.16. The first kappa shape index (κ1) is 17.1. The highest BCUT2D eigenvalue weighted by molar-refractivity contribution is 5.09. The van der Waals surface area contributed by atoms with Gasteiger partial charge in [-0.3, -0.25) is 4.98 Å². The van der Waals surface area contributed by atoms with E-state index in [9.17, 15) is 0 Å². The number of hydrogen-bond acceptors (Lipinski definition) is 3. The molecule has 0 aromatic carbocycles. The van der Waals surface area contributed by atoms with Crippen LogP contribution in [-0.2, 0) is 6.42 Å². The maximum Gasteiger partial charge on any atom is 0.0270 e. The van der Waals surface area contributed by atoms with E-state index in [1.54, 1.807) is 0 Å². The average molecular weight is 277 g/mol. The van der Waals surface area contributed by atoms with E-state index in [0.717, 1.165) is 19.5 Å². The topological polar surface area (TPSA) is 28.2 Å². The van der Waals surface area contributed by atoms with Gasteiger partial charge in [0.05, 0.1) is 0 Å². The molecular weight excluding hydrogens is 246 g/mol. The number of hydrogen-bond donors (Lipinski definition) is 1. The Hall–Kier alpha value is -0.930. The number of unbranched alkanes of at least 4 members (excludes halogenated alkanes) is 3. The van der Waals surface area contributed by atoms with Gasteiger partial charge < -0.3 is 10.2 Å². The number of nitrogens with zero attached hydrogens (tertiary/aromatic N) is 2. The van der Waals surface area contributed by atoms with E-state index < -0.39 is 0 Å². The SMILES string of the molecule is CCCNCCCCCCN(C)CCc1ccncc1. The highest BCUT2D eigenvalue weighted by Gasteiger charge is 1.99. The fourth-order valence-electron chi connectivity index (χ4n) is 2.27. The van der Waals surface area contributed by atoms with Crippen molar-refractivity contribution < 1.29 is 0 Å². The third kappa shape index (κ3) is 9.05. The van der Waals surface area contributed by atoms with Gasteiger partial charge in [0.1, 0.15) is 0 Å². The van der Waals surface area contributed by atoms with Crippen molar-refractivity contribution in [3.63, 3.8) is 0 Å². The van der Waals surface area contributed by atoms with Gasteiger partial charge in [-0.15, -0.1) is 0 Å². The molecule has 1 heterocycles. The smallest absolute Gasteiger partial charge is 0.0270 e. The molecule has 0 radical (unpaired) electrons. The van der Waals surface area contributed by atoms with Crippen molar-refractivity contribution in [1.82, 2.24) is 15.2 Å². The van der Waals surface area contributed by atoms with Crippen LogP contribution in [0.15, 0.2) is 24.5 Å². The Morgan fingerprint density at radius 3 is 2.50 bits per heavy atom. The molecule has 0 saturated heterocycles. The monoisotopic (exact) mass is 277 g/mol. The largest absolute Gasteiger partial charge is 0.317 e.